The molecule has 0 aromatic rings. The van der Waals surface area contributed by atoms with Gasteiger partial charge in [0, 0.05) is 12.0 Å². The molecule has 22 heavy (non-hydrogen) atoms. The minimum Gasteiger partial charge on any atom is -0.457 e. The average Bonchev–Trinajstić information content (AvgIpc) is 2.83. The van der Waals surface area contributed by atoms with E-state index in [1.807, 2.05) is 20.8 Å². The first-order valence-corrected chi connectivity index (χ1v) is 7.72. The number of carbonyl (C=O) groups excluding carboxylic acids is 2. The average molecular weight is 300 g/mol. The molecule has 0 saturated heterocycles. The molecule has 0 spiro atoms. The molecular weight excluding hydrogens is 276 g/mol. The number of Topliss-reactive ketones (excluding diaryl/α,β-unsaturated/α-hetero) is 1. The molecule has 3 nitrogen and oxygen atoms in total. The predicted octanol–water partition coefficient (Wildman–Crippen LogP) is 3.45. The normalized spacial score (nSPS) is 29.1. The number of ketones is 1. The van der Waals surface area contributed by atoms with Gasteiger partial charge in [-0.1, -0.05) is 25.5 Å². The highest BCUT2D eigenvalue weighted by atomic mass is 16.5. The molecule has 2 aliphatic rings. The highest BCUT2D eigenvalue weighted by Gasteiger charge is 2.61. The fourth-order valence-corrected chi connectivity index (χ4v) is 3.34. The van der Waals surface area contributed by atoms with Crippen LogP contribution in [-0.4, -0.2) is 17.9 Å². The van der Waals surface area contributed by atoms with Crippen LogP contribution in [0.15, 0.2) is 22.8 Å². The first-order chi connectivity index (χ1) is 10.2. The molecule has 1 fully saturated rings. The van der Waals surface area contributed by atoms with Crippen LogP contribution in [0.3, 0.4) is 0 Å². The van der Waals surface area contributed by atoms with Crippen LogP contribution in [0.2, 0.25) is 0 Å². The van der Waals surface area contributed by atoms with Gasteiger partial charge in [-0.3, -0.25) is 9.59 Å². The second-order valence-electron chi connectivity index (χ2n) is 7.16. The number of ether oxygens (including phenoxy) is 1. The first-order valence-electron chi connectivity index (χ1n) is 7.72. The fraction of sp³-hybridized carbons (Fsp3) is 0.579. The van der Waals surface area contributed by atoms with Gasteiger partial charge in [-0.05, 0) is 37.7 Å². The van der Waals surface area contributed by atoms with Crippen LogP contribution < -0.4 is 0 Å². The molecule has 0 bridgehead atoms. The van der Waals surface area contributed by atoms with E-state index in [0.717, 1.165) is 5.57 Å². The zero-order valence-electron chi connectivity index (χ0n) is 14.0. The van der Waals surface area contributed by atoms with Gasteiger partial charge >= 0.3 is 5.97 Å². The minimum atomic E-state index is -0.438. The molecule has 3 atom stereocenters. The van der Waals surface area contributed by atoms with Crippen LogP contribution in [0, 0.1) is 29.6 Å². The molecular formula is C19H24O3. The van der Waals surface area contributed by atoms with Gasteiger partial charge in [-0.15, -0.1) is 12.3 Å². The van der Waals surface area contributed by atoms with Gasteiger partial charge in [0.25, 0.3) is 0 Å². The van der Waals surface area contributed by atoms with Crippen molar-refractivity contribution in [3.63, 3.8) is 0 Å². The van der Waals surface area contributed by atoms with Crippen molar-refractivity contribution in [2.75, 3.05) is 0 Å². The number of hydrogen-bond donors (Lipinski definition) is 0. The second kappa shape index (κ2) is 5.76. The van der Waals surface area contributed by atoms with Crippen molar-refractivity contribution in [2.24, 2.45) is 17.3 Å². The molecule has 2 rings (SSSR count). The summed E-state index contributed by atoms with van der Waals surface area (Å²) in [5.74, 6) is 2.39. The number of hydrogen-bond acceptors (Lipinski definition) is 3. The minimum absolute atomic E-state index is 0.00385. The monoisotopic (exact) mass is 300 g/mol. The lowest BCUT2D eigenvalue weighted by Gasteiger charge is -2.13. The SMILES string of the molecule is C#CCC1=C(C)[C@@H](OC(=O)[C@@H]2C(C=C(C)C)C2(C)C)CC1=O. The third kappa shape index (κ3) is 2.88. The quantitative estimate of drug-likeness (QED) is 0.454. The lowest BCUT2D eigenvalue weighted by Crippen LogP contribution is -2.20. The molecule has 1 saturated carbocycles. The molecule has 0 N–H and O–H groups in total. The predicted molar refractivity (Wildman–Crippen MR) is 85.8 cm³/mol. The maximum Gasteiger partial charge on any atom is 0.310 e. The lowest BCUT2D eigenvalue weighted by molar-refractivity contribution is -0.150. The van der Waals surface area contributed by atoms with E-state index in [-0.39, 0.29) is 35.4 Å². The zero-order chi connectivity index (χ0) is 16.7. The van der Waals surface area contributed by atoms with Gasteiger partial charge in [0.05, 0.1) is 12.3 Å². The molecule has 3 heteroatoms. The highest BCUT2D eigenvalue weighted by Crippen LogP contribution is 2.60. The molecule has 0 amide bonds. The highest BCUT2D eigenvalue weighted by molar-refractivity contribution is 6.00. The summed E-state index contributed by atoms with van der Waals surface area (Å²) in [5.41, 5.74) is 2.58. The smallest absolute Gasteiger partial charge is 0.310 e. The van der Waals surface area contributed by atoms with Crippen molar-refractivity contribution in [1.82, 2.24) is 0 Å². The van der Waals surface area contributed by atoms with Crippen LogP contribution in [0.5, 0.6) is 0 Å². The Hall–Kier alpha value is -1.82. The number of rotatable bonds is 4. The maximum absolute atomic E-state index is 12.5. The molecule has 0 heterocycles. The van der Waals surface area contributed by atoms with Gasteiger partial charge in [-0.25, -0.2) is 0 Å². The van der Waals surface area contributed by atoms with E-state index in [0.29, 0.717) is 12.0 Å². The van der Waals surface area contributed by atoms with E-state index < -0.39 is 6.10 Å². The van der Waals surface area contributed by atoms with Gasteiger partial charge < -0.3 is 4.74 Å². The van der Waals surface area contributed by atoms with Crippen LogP contribution >= 0.6 is 0 Å². The summed E-state index contributed by atoms with van der Waals surface area (Å²) in [6, 6.07) is 0. The van der Waals surface area contributed by atoms with Crippen molar-refractivity contribution in [3.05, 3.63) is 22.8 Å². The van der Waals surface area contributed by atoms with Gasteiger partial charge in [0.1, 0.15) is 6.10 Å². The van der Waals surface area contributed by atoms with E-state index in [9.17, 15) is 9.59 Å². The van der Waals surface area contributed by atoms with Crippen molar-refractivity contribution < 1.29 is 14.3 Å². The maximum atomic E-state index is 12.5. The van der Waals surface area contributed by atoms with Crippen LogP contribution in [-0.2, 0) is 14.3 Å². The summed E-state index contributed by atoms with van der Waals surface area (Å²) >= 11 is 0. The molecule has 0 aliphatic heterocycles. The summed E-state index contributed by atoms with van der Waals surface area (Å²) in [5, 5.41) is 0. The Labute approximate surface area is 132 Å². The Bertz CT molecular complexity index is 609. The third-order valence-electron chi connectivity index (χ3n) is 4.88. The summed E-state index contributed by atoms with van der Waals surface area (Å²) in [7, 11) is 0. The van der Waals surface area contributed by atoms with Gasteiger partial charge in [0.15, 0.2) is 5.78 Å². The third-order valence-corrected chi connectivity index (χ3v) is 4.88. The summed E-state index contributed by atoms with van der Waals surface area (Å²) in [4.78, 5) is 24.4. The van der Waals surface area contributed by atoms with E-state index in [1.165, 1.54) is 5.57 Å². The number of carbonyl (C=O) groups is 2. The molecule has 0 radical (unpaired) electrons. The van der Waals surface area contributed by atoms with Crippen molar-refractivity contribution in [3.8, 4) is 12.3 Å². The first kappa shape index (κ1) is 16.5. The Morgan fingerprint density at radius 3 is 2.64 bits per heavy atom. The van der Waals surface area contributed by atoms with E-state index in [4.69, 9.17) is 11.2 Å². The number of terminal acetylenes is 1. The van der Waals surface area contributed by atoms with Crippen LogP contribution in [0.25, 0.3) is 0 Å². The number of esters is 1. The summed E-state index contributed by atoms with van der Waals surface area (Å²) < 4.78 is 5.63. The Kier molecular flexibility index (Phi) is 4.33. The summed E-state index contributed by atoms with van der Waals surface area (Å²) in [6.07, 6.45) is 7.53. The number of allylic oxidation sites excluding steroid dienone is 3. The molecule has 118 valence electrons. The molecule has 1 unspecified atom stereocenters. The van der Waals surface area contributed by atoms with Gasteiger partial charge in [-0.2, -0.15) is 0 Å². The largest absolute Gasteiger partial charge is 0.457 e. The zero-order valence-corrected chi connectivity index (χ0v) is 14.0. The van der Waals surface area contributed by atoms with Crippen molar-refractivity contribution in [2.45, 2.75) is 53.6 Å². The van der Waals surface area contributed by atoms with Crippen molar-refractivity contribution >= 4 is 11.8 Å². The summed E-state index contributed by atoms with van der Waals surface area (Å²) in [6.45, 7) is 10.1. The van der Waals surface area contributed by atoms with Gasteiger partial charge in [0.2, 0.25) is 0 Å². The Morgan fingerprint density at radius 2 is 2.09 bits per heavy atom. The van der Waals surface area contributed by atoms with Crippen molar-refractivity contribution in [1.29, 1.82) is 0 Å². The fourth-order valence-electron chi connectivity index (χ4n) is 3.34. The molecule has 0 aromatic heterocycles. The Balaban J connectivity index is 2.07. The second-order valence-corrected chi connectivity index (χ2v) is 7.16. The van der Waals surface area contributed by atoms with E-state index in [2.05, 4.69) is 25.8 Å². The van der Waals surface area contributed by atoms with Crippen LogP contribution in [0.4, 0.5) is 0 Å². The van der Waals surface area contributed by atoms with Crippen LogP contribution in [0.1, 0.15) is 47.5 Å². The van der Waals surface area contributed by atoms with E-state index in [1.54, 1.807) is 0 Å². The molecule has 0 aromatic carbocycles. The van der Waals surface area contributed by atoms with E-state index >= 15 is 0 Å². The molecule has 2 aliphatic carbocycles. The Morgan fingerprint density at radius 1 is 1.45 bits per heavy atom. The topological polar surface area (TPSA) is 43.4 Å². The standard InChI is InChI=1S/C19H24O3/c1-7-8-13-12(4)16(10-15(13)20)22-18(21)17-14(9-11(2)3)19(17,5)6/h1,9,14,16-17H,8,10H2,2-6H3/t14?,16-,17-/m0/s1. The lowest BCUT2D eigenvalue weighted by atomic mass is 10.1.